The van der Waals surface area contributed by atoms with Gasteiger partial charge in [0.05, 0.1) is 0 Å². The van der Waals surface area contributed by atoms with Gasteiger partial charge >= 0.3 is 12.1 Å². The number of nitrogens with zero attached hydrogens (tertiary/aromatic N) is 1. The standard InChI is InChI=1S/C13H17ClN2O3/c1-13(2,3)19-12(18)16(4)11(17)15-10-7-5-6-9(14)8-10/h5-8H,1-4H3,(H,15,17). The first-order chi connectivity index (χ1) is 8.69. The first kappa shape index (κ1) is 15.3. The van der Waals surface area contributed by atoms with Crippen molar-refractivity contribution in [3.8, 4) is 0 Å². The molecule has 6 heteroatoms. The van der Waals surface area contributed by atoms with Gasteiger partial charge in [-0.25, -0.2) is 14.5 Å². The third-order valence-electron chi connectivity index (χ3n) is 2.05. The van der Waals surface area contributed by atoms with Crippen LogP contribution in [0, 0.1) is 0 Å². The Morgan fingerprint density at radius 1 is 1.32 bits per heavy atom. The first-order valence-corrected chi connectivity index (χ1v) is 6.10. The molecule has 0 fully saturated rings. The number of nitrogens with one attached hydrogen (secondary N) is 1. The highest BCUT2D eigenvalue weighted by Crippen LogP contribution is 2.16. The van der Waals surface area contributed by atoms with Crippen molar-refractivity contribution < 1.29 is 14.3 Å². The van der Waals surface area contributed by atoms with Crippen LogP contribution in [-0.2, 0) is 4.74 Å². The van der Waals surface area contributed by atoms with Gasteiger partial charge in [-0.2, -0.15) is 0 Å². The molecule has 1 N–H and O–H groups in total. The summed E-state index contributed by atoms with van der Waals surface area (Å²) in [6.45, 7) is 5.19. The molecule has 0 unspecified atom stereocenters. The highest BCUT2D eigenvalue weighted by Gasteiger charge is 2.23. The van der Waals surface area contributed by atoms with E-state index in [1.165, 1.54) is 7.05 Å². The highest BCUT2D eigenvalue weighted by atomic mass is 35.5. The SMILES string of the molecule is CN(C(=O)Nc1cccc(Cl)c1)C(=O)OC(C)(C)C. The minimum absolute atomic E-state index is 0.498. The van der Waals surface area contributed by atoms with E-state index in [-0.39, 0.29) is 0 Å². The van der Waals surface area contributed by atoms with Crippen molar-refractivity contribution in [1.29, 1.82) is 0 Å². The molecule has 1 aromatic carbocycles. The molecule has 0 atom stereocenters. The molecule has 0 saturated carbocycles. The summed E-state index contributed by atoms with van der Waals surface area (Å²) in [6, 6.07) is 6.06. The predicted molar refractivity (Wildman–Crippen MR) is 74.5 cm³/mol. The lowest BCUT2D eigenvalue weighted by Gasteiger charge is -2.23. The van der Waals surface area contributed by atoms with Gasteiger partial charge in [-0.15, -0.1) is 0 Å². The summed E-state index contributed by atoms with van der Waals surface area (Å²) in [5.41, 5.74) is -0.144. The van der Waals surface area contributed by atoms with E-state index < -0.39 is 17.7 Å². The molecule has 5 nitrogen and oxygen atoms in total. The normalized spacial score (nSPS) is 10.8. The molecule has 0 aliphatic carbocycles. The third kappa shape index (κ3) is 5.18. The fraction of sp³-hybridized carbons (Fsp3) is 0.385. The van der Waals surface area contributed by atoms with E-state index in [9.17, 15) is 9.59 Å². The minimum Gasteiger partial charge on any atom is -0.443 e. The molecule has 104 valence electrons. The Balaban J connectivity index is 2.65. The van der Waals surface area contributed by atoms with E-state index in [1.807, 2.05) is 0 Å². The Morgan fingerprint density at radius 3 is 2.47 bits per heavy atom. The van der Waals surface area contributed by atoms with Gasteiger partial charge in [0.1, 0.15) is 5.60 Å². The molecule has 0 saturated heterocycles. The monoisotopic (exact) mass is 284 g/mol. The Morgan fingerprint density at radius 2 is 1.95 bits per heavy atom. The molecule has 19 heavy (non-hydrogen) atoms. The molecule has 0 aliphatic rings. The second-order valence-electron chi connectivity index (χ2n) is 4.98. The Hall–Kier alpha value is -1.75. The Labute approximate surface area is 117 Å². The van der Waals surface area contributed by atoms with Gasteiger partial charge in [0.25, 0.3) is 0 Å². The third-order valence-corrected chi connectivity index (χ3v) is 2.28. The summed E-state index contributed by atoms with van der Waals surface area (Å²) in [5, 5.41) is 3.05. The van der Waals surface area contributed by atoms with Crippen molar-refractivity contribution in [2.45, 2.75) is 26.4 Å². The second-order valence-corrected chi connectivity index (χ2v) is 5.42. The van der Waals surface area contributed by atoms with Crippen molar-refractivity contribution in [3.63, 3.8) is 0 Å². The van der Waals surface area contributed by atoms with Crippen molar-refractivity contribution in [3.05, 3.63) is 29.3 Å². The number of hydrogen-bond acceptors (Lipinski definition) is 3. The van der Waals surface area contributed by atoms with Crippen LogP contribution in [0.25, 0.3) is 0 Å². The quantitative estimate of drug-likeness (QED) is 0.854. The molecule has 1 rings (SSSR count). The highest BCUT2D eigenvalue weighted by molar-refractivity contribution is 6.30. The lowest BCUT2D eigenvalue weighted by atomic mass is 10.2. The molecule has 0 bridgehead atoms. The molecule has 0 heterocycles. The average Bonchev–Trinajstić information content (AvgIpc) is 2.25. The number of carbonyl (C=O) groups is 2. The van der Waals surface area contributed by atoms with Gasteiger partial charge in [0, 0.05) is 17.8 Å². The lowest BCUT2D eigenvalue weighted by molar-refractivity contribution is 0.0369. The van der Waals surface area contributed by atoms with E-state index >= 15 is 0 Å². The topological polar surface area (TPSA) is 58.6 Å². The summed E-state index contributed by atoms with van der Waals surface area (Å²) in [5.74, 6) is 0. The van der Waals surface area contributed by atoms with E-state index in [4.69, 9.17) is 16.3 Å². The summed E-state index contributed by atoms with van der Waals surface area (Å²) < 4.78 is 5.08. The van der Waals surface area contributed by atoms with Crippen molar-refractivity contribution in [1.82, 2.24) is 4.90 Å². The van der Waals surface area contributed by atoms with Crippen LogP contribution in [0.5, 0.6) is 0 Å². The molecule has 0 spiro atoms. The smallest absolute Gasteiger partial charge is 0.418 e. The predicted octanol–water partition coefficient (Wildman–Crippen LogP) is 3.74. The number of carbonyl (C=O) groups excluding carboxylic acids is 2. The number of rotatable bonds is 1. The minimum atomic E-state index is -0.716. The summed E-state index contributed by atoms with van der Waals surface area (Å²) in [4.78, 5) is 24.4. The van der Waals surface area contributed by atoms with Crippen LogP contribution in [0.1, 0.15) is 20.8 Å². The van der Waals surface area contributed by atoms with Gasteiger partial charge in [-0.3, -0.25) is 0 Å². The van der Waals surface area contributed by atoms with E-state index in [0.29, 0.717) is 10.7 Å². The molecule has 0 radical (unpaired) electrons. The van der Waals surface area contributed by atoms with Crippen LogP contribution in [0.15, 0.2) is 24.3 Å². The fourth-order valence-corrected chi connectivity index (χ4v) is 1.38. The van der Waals surface area contributed by atoms with Gasteiger partial charge in [0.2, 0.25) is 0 Å². The molecule has 1 aromatic rings. The van der Waals surface area contributed by atoms with Gasteiger partial charge in [-0.05, 0) is 39.0 Å². The van der Waals surface area contributed by atoms with Gasteiger partial charge in [-0.1, -0.05) is 17.7 Å². The van der Waals surface area contributed by atoms with E-state index in [1.54, 1.807) is 45.0 Å². The van der Waals surface area contributed by atoms with Crippen LogP contribution in [0.4, 0.5) is 15.3 Å². The molecular formula is C13H17ClN2O3. The zero-order valence-electron chi connectivity index (χ0n) is 11.4. The Bertz CT molecular complexity index is 483. The number of benzene rings is 1. The number of anilines is 1. The van der Waals surface area contributed by atoms with E-state index in [0.717, 1.165) is 4.90 Å². The van der Waals surface area contributed by atoms with Crippen molar-refractivity contribution >= 4 is 29.4 Å². The number of ether oxygens (including phenoxy) is 1. The number of amides is 3. The summed E-state index contributed by atoms with van der Waals surface area (Å²) in [6.07, 6.45) is -0.716. The van der Waals surface area contributed by atoms with Crippen LogP contribution >= 0.6 is 11.6 Å². The zero-order valence-corrected chi connectivity index (χ0v) is 12.1. The van der Waals surface area contributed by atoms with Crippen molar-refractivity contribution in [2.75, 3.05) is 12.4 Å². The Kier molecular flexibility index (Phi) is 4.78. The van der Waals surface area contributed by atoms with Crippen LogP contribution in [0.2, 0.25) is 5.02 Å². The zero-order chi connectivity index (χ0) is 14.6. The molecular weight excluding hydrogens is 268 g/mol. The average molecular weight is 285 g/mol. The van der Waals surface area contributed by atoms with Crippen LogP contribution in [-0.4, -0.2) is 29.7 Å². The number of imide groups is 1. The van der Waals surface area contributed by atoms with E-state index in [2.05, 4.69) is 5.32 Å². The maximum atomic E-state index is 11.8. The molecule has 3 amide bonds. The number of hydrogen-bond donors (Lipinski definition) is 1. The largest absolute Gasteiger partial charge is 0.443 e. The maximum Gasteiger partial charge on any atom is 0.418 e. The number of urea groups is 1. The van der Waals surface area contributed by atoms with Crippen molar-refractivity contribution in [2.24, 2.45) is 0 Å². The maximum absolute atomic E-state index is 11.8. The van der Waals surface area contributed by atoms with Crippen LogP contribution in [0.3, 0.4) is 0 Å². The fourth-order valence-electron chi connectivity index (χ4n) is 1.19. The number of halogens is 1. The van der Waals surface area contributed by atoms with Gasteiger partial charge in [0.15, 0.2) is 0 Å². The lowest BCUT2D eigenvalue weighted by Crippen LogP contribution is -2.40. The second kappa shape index (κ2) is 5.93. The first-order valence-electron chi connectivity index (χ1n) is 5.72. The van der Waals surface area contributed by atoms with Gasteiger partial charge < -0.3 is 10.1 Å². The molecule has 0 aromatic heterocycles. The summed E-state index contributed by atoms with van der Waals surface area (Å²) in [7, 11) is 1.34. The molecule has 0 aliphatic heterocycles. The van der Waals surface area contributed by atoms with Crippen LogP contribution < -0.4 is 5.32 Å². The summed E-state index contributed by atoms with van der Waals surface area (Å²) >= 11 is 5.80.